The molecule has 1 aliphatic rings. The van der Waals surface area contributed by atoms with Gasteiger partial charge in [0.1, 0.15) is 0 Å². The van der Waals surface area contributed by atoms with Crippen LogP contribution in [0.2, 0.25) is 0 Å². The van der Waals surface area contributed by atoms with E-state index in [-0.39, 0.29) is 0 Å². The van der Waals surface area contributed by atoms with E-state index < -0.39 is 0 Å². The molecule has 17 heavy (non-hydrogen) atoms. The van der Waals surface area contributed by atoms with E-state index >= 15 is 0 Å². The molecular weight excluding hydrogens is 210 g/mol. The first-order chi connectivity index (χ1) is 8.28. The van der Waals surface area contributed by atoms with Gasteiger partial charge in [-0.15, -0.1) is 0 Å². The zero-order chi connectivity index (χ0) is 12.1. The van der Waals surface area contributed by atoms with E-state index in [0.29, 0.717) is 0 Å². The van der Waals surface area contributed by atoms with E-state index in [1.165, 1.54) is 31.5 Å². The molecule has 1 saturated heterocycles. The van der Waals surface area contributed by atoms with Gasteiger partial charge in [-0.3, -0.25) is 4.90 Å². The highest BCUT2D eigenvalue weighted by Gasteiger charge is 2.18. The lowest BCUT2D eigenvalue weighted by atomic mass is 9.96. The van der Waals surface area contributed by atoms with Crippen LogP contribution in [0.15, 0.2) is 24.3 Å². The number of anilines is 1. The van der Waals surface area contributed by atoms with Crippen LogP contribution in [0.5, 0.6) is 0 Å². The van der Waals surface area contributed by atoms with E-state index in [4.69, 9.17) is 5.73 Å². The fourth-order valence-corrected chi connectivity index (χ4v) is 2.59. The minimum atomic E-state index is 0.858. The fourth-order valence-electron chi connectivity index (χ4n) is 2.59. The second-order valence-corrected chi connectivity index (χ2v) is 5.02. The van der Waals surface area contributed by atoms with Crippen molar-refractivity contribution in [1.82, 2.24) is 10.2 Å². The van der Waals surface area contributed by atoms with Gasteiger partial charge in [0.15, 0.2) is 0 Å². The lowest BCUT2D eigenvalue weighted by Crippen LogP contribution is -2.36. The zero-order valence-corrected chi connectivity index (χ0v) is 10.7. The number of nitrogens with zero attached hydrogens (tertiary/aromatic N) is 1. The van der Waals surface area contributed by atoms with E-state index in [9.17, 15) is 0 Å². The Morgan fingerprint density at radius 1 is 1.35 bits per heavy atom. The summed E-state index contributed by atoms with van der Waals surface area (Å²) in [4.78, 5) is 2.53. The van der Waals surface area contributed by atoms with Gasteiger partial charge in [-0.2, -0.15) is 0 Å². The summed E-state index contributed by atoms with van der Waals surface area (Å²) in [7, 11) is 2.04. The van der Waals surface area contributed by atoms with Gasteiger partial charge < -0.3 is 11.1 Å². The summed E-state index contributed by atoms with van der Waals surface area (Å²) in [5, 5.41) is 3.27. The average molecular weight is 233 g/mol. The first-order valence-corrected chi connectivity index (χ1v) is 6.49. The first-order valence-electron chi connectivity index (χ1n) is 6.49. The third-order valence-corrected chi connectivity index (χ3v) is 3.56. The van der Waals surface area contributed by atoms with Crippen LogP contribution in [0.1, 0.15) is 18.4 Å². The monoisotopic (exact) mass is 233 g/mol. The molecule has 3 nitrogen and oxygen atoms in total. The minimum Gasteiger partial charge on any atom is -0.399 e. The van der Waals surface area contributed by atoms with Gasteiger partial charge in [-0.1, -0.05) is 12.1 Å². The maximum Gasteiger partial charge on any atom is 0.0317 e. The predicted molar refractivity (Wildman–Crippen MR) is 72.8 cm³/mol. The molecule has 0 amide bonds. The molecule has 0 aliphatic carbocycles. The number of benzene rings is 1. The van der Waals surface area contributed by atoms with Crippen molar-refractivity contribution in [3.63, 3.8) is 0 Å². The van der Waals surface area contributed by atoms with Crippen molar-refractivity contribution in [2.75, 3.05) is 32.4 Å². The van der Waals surface area contributed by atoms with Crippen LogP contribution in [0.3, 0.4) is 0 Å². The Balaban J connectivity index is 1.82. The van der Waals surface area contributed by atoms with Gasteiger partial charge in [0.2, 0.25) is 0 Å². The molecule has 1 heterocycles. The summed E-state index contributed by atoms with van der Waals surface area (Å²) < 4.78 is 0. The normalized spacial score (nSPS) is 18.4. The van der Waals surface area contributed by atoms with Crippen LogP contribution in [0.25, 0.3) is 0 Å². The molecule has 0 spiro atoms. The Bertz CT molecular complexity index is 343. The molecule has 3 N–H and O–H groups in total. The van der Waals surface area contributed by atoms with Crippen LogP contribution >= 0.6 is 0 Å². The smallest absolute Gasteiger partial charge is 0.0317 e. The molecule has 0 aromatic heterocycles. The van der Waals surface area contributed by atoms with Gasteiger partial charge >= 0.3 is 0 Å². The van der Waals surface area contributed by atoms with Gasteiger partial charge in [0, 0.05) is 12.2 Å². The number of piperidine rings is 1. The van der Waals surface area contributed by atoms with Crippen molar-refractivity contribution < 1.29 is 0 Å². The highest BCUT2D eigenvalue weighted by atomic mass is 15.1. The largest absolute Gasteiger partial charge is 0.399 e. The van der Waals surface area contributed by atoms with Crippen molar-refractivity contribution in [3.05, 3.63) is 29.8 Å². The van der Waals surface area contributed by atoms with E-state index in [1.54, 1.807) is 0 Å². The highest BCUT2D eigenvalue weighted by molar-refractivity contribution is 5.40. The number of nitrogens with one attached hydrogen (secondary N) is 1. The Morgan fingerprint density at radius 3 is 2.76 bits per heavy atom. The summed E-state index contributed by atoms with van der Waals surface area (Å²) in [6, 6.07) is 8.23. The van der Waals surface area contributed by atoms with Gasteiger partial charge in [-0.05, 0) is 63.1 Å². The minimum absolute atomic E-state index is 0.858. The topological polar surface area (TPSA) is 41.3 Å². The summed E-state index contributed by atoms with van der Waals surface area (Å²) >= 11 is 0. The average Bonchev–Trinajstić information content (AvgIpc) is 2.32. The number of nitrogens with two attached hydrogens (primary N) is 1. The molecule has 1 aliphatic heterocycles. The van der Waals surface area contributed by atoms with Crippen LogP contribution in [-0.4, -0.2) is 31.6 Å². The second kappa shape index (κ2) is 6.03. The molecule has 0 radical (unpaired) electrons. The molecule has 0 atom stereocenters. The van der Waals surface area contributed by atoms with Crippen LogP contribution in [0, 0.1) is 5.92 Å². The molecule has 1 aromatic carbocycles. The molecule has 1 fully saturated rings. The SMILES string of the molecule is CNCC1CCN(Cc2cccc(N)c2)CC1. The summed E-state index contributed by atoms with van der Waals surface area (Å²) in [5.74, 6) is 0.858. The lowest BCUT2D eigenvalue weighted by molar-refractivity contribution is 0.177. The van der Waals surface area contributed by atoms with E-state index in [0.717, 1.165) is 24.7 Å². The summed E-state index contributed by atoms with van der Waals surface area (Å²) in [6.07, 6.45) is 2.62. The number of hydrogen-bond acceptors (Lipinski definition) is 3. The molecule has 2 rings (SSSR count). The first kappa shape index (κ1) is 12.4. The Morgan fingerprint density at radius 2 is 2.12 bits per heavy atom. The number of likely N-dealkylation sites (tertiary alicyclic amines) is 1. The molecule has 94 valence electrons. The Labute approximate surface area is 104 Å². The second-order valence-electron chi connectivity index (χ2n) is 5.02. The van der Waals surface area contributed by atoms with E-state index in [1.807, 2.05) is 19.2 Å². The van der Waals surface area contributed by atoms with Crippen molar-refractivity contribution in [1.29, 1.82) is 0 Å². The van der Waals surface area contributed by atoms with Crippen molar-refractivity contribution in [3.8, 4) is 0 Å². The number of hydrogen-bond donors (Lipinski definition) is 2. The third kappa shape index (κ3) is 3.72. The fraction of sp³-hybridized carbons (Fsp3) is 0.571. The maximum atomic E-state index is 5.80. The third-order valence-electron chi connectivity index (χ3n) is 3.56. The molecule has 3 heteroatoms. The molecular formula is C14H23N3. The van der Waals surface area contributed by atoms with Gasteiger partial charge in [-0.25, -0.2) is 0 Å². The predicted octanol–water partition coefficient (Wildman–Crippen LogP) is 1.70. The van der Waals surface area contributed by atoms with Crippen LogP contribution in [0.4, 0.5) is 5.69 Å². The van der Waals surface area contributed by atoms with Gasteiger partial charge in [0.25, 0.3) is 0 Å². The zero-order valence-electron chi connectivity index (χ0n) is 10.7. The molecule has 0 saturated carbocycles. The Hall–Kier alpha value is -1.06. The van der Waals surface area contributed by atoms with E-state index in [2.05, 4.69) is 22.3 Å². The van der Waals surface area contributed by atoms with Crippen molar-refractivity contribution in [2.45, 2.75) is 19.4 Å². The molecule has 0 bridgehead atoms. The van der Waals surface area contributed by atoms with Crippen LogP contribution in [-0.2, 0) is 6.54 Å². The molecule has 1 aromatic rings. The van der Waals surface area contributed by atoms with Crippen molar-refractivity contribution in [2.24, 2.45) is 5.92 Å². The van der Waals surface area contributed by atoms with Crippen LogP contribution < -0.4 is 11.1 Å². The molecule has 0 unspecified atom stereocenters. The number of nitrogen functional groups attached to an aromatic ring is 1. The maximum absolute atomic E-state index is 5.80. The number of rotatable bonds is 4. The highest BCUT2D eigenvalue weighted by Crippen LogP contribution is 2.18. The lowest BCUT2D eigenvalue weighted by Gasteiger charge is -2.31. The summed E-state index contributed by atoms with van der Waals surface area (Å²) in [6.45, 7) is 4.62. The van der Waals surface area contributed by atoms with Gasteiger partial charge in [0.05, 0.1) is 0 Å². The standard InChI is InChI=1S/C14H23N3/c1-16-10-12-5-7-17(8-6-12)11-13-3-2-4-14(15)9-13/h2-4,9,12,16H,5-8,10-11,15H2,1H3. The Kier molecular flexibility index (Phi) is 4.40. The van der Waals surface area contributed by atoms with Crippen molar-refractivity contribution >= 4 is 5.69 Å². The quantitative estimate of drug-likeness (QED) is 0.778. The summed E-state index contributed by atoms with van der Waals surface area (Å²) in [5.41, 5.74) is 8.00.